The number of allylic oxidation sites excluding steroid dienone is 4. The van der Waals surface area contributed by atoms with Crippen LogP contribution in [-0.4, -0.2) is 52.8 Å². The molecule has 0 spiro atoms. The van der Waals surface area contributed by atoms with E-state index in [9.17, 15) is 4.79 Å². The Morgan fingerprint density at radius 3 is 2.60 bits per heavy atom. The molecule has 1 saturated heterocycles. The first-order valence-corrected chi connectivity index (χ1v) is 12.7. The van der Waals surface area contributed by atoms with Gasteiger partial charge in [-0.1, -0.05) is 17.7 Å². The molecule has 182 valence electrons. The molecule has 0 bridgehead atoms. The highest BCUT2D eigenvalue weighted by Gasteiger charge is 2.31. The van der Waals surface area contributed by atoms with Gasteiger partial charge in [0.25, 0.3) is 5.91 Å². The molecule has 35 heavy (non-hydrogen) atoms. The lowest BCUT2D eigenvalue weighted by Gasteiger charge is -2.34. The number of amides is 1. The summed E-state index contributed by atoms with van der Waals surface area (Å²) in [7, 11) is 1.68. The van der Waals surface area contributed by atoms with Crippen LogP contribution in [-0.2, 0) is 11.2 Å². The molecule has 1 aliphatic heterocycles. The minimum atomic E-state index is 0.105. The predicted molar refractivity (Wildman–Crippen MR) is 134 cm³/mol. The molecule has 3 aliphatic rings. The summed E-state index contributed by atoms with van der Waals surface area (Å²) in [5.41, 5.74) is 6.35. The first-order chi connectivity index (χ1) is 17.1. The summed E-state index contributed by atoms with van der Waals surface area (Å²) in [5, 5.41) is 17.8. The number of nitrogens with zero attached hydrogens (tertiary/aromatic N) is 4. The minimum absolute atomic E-state index is 0.105. The second kappa shape index (κ2) is 10.2. The van der Waals surface area contributed by atoms with Crippen molar-refractivity contribution in [1.82, 2.24) is 20.1 Å². The third-order valence-electron chi connectivity index (χ3n) is 7.61. The number of hydrogen-bond acceptors (Lipinski definition) is 5. The summed E-state index contributed by atoms with van der Waals surface area (Å²) >= 11 is 0. The van der Waals surface area contributed by atoms with Crippen LogP contribution in [0.1, 0.15) is 71.8 Å². The number of nitrogens with one attached hydrogen (secondary N) is 1. The van der Waals surface area contributed by atoms with Crippen LogP contribution < -0.4 is 0 Å². The molecule has 2 fully saturated rings. The fraction of sp³-hybridized carbons (Fsp3) is 0.500. The molecule has 1 aromatic carbocycles. The lowest BCUT2D eigenvalue weighted by molar-refractivity contribution is 0.0700. The molecular formula is C28H33N5O2. The zero-order valence-electron chi connectivity index (χ0n) is 20.6. The normalized spacial score (nSPS) is 18.7. The van der Waals surface area contributed by atoms with Gasteiger partial charge in [0.2, 0.25) is 0 Å². The molecule has 1 N–H and O–H groups in total. The Morgan fingerprint density at radius 2 is 1.94 bits per heavy atom. The van der Waals surface area contributed by atoms with E-state index in [-0.39, 0.29) is 5.91 Å². The highest BCUT2D eigenvalue weighted by molar-refractivity contribution is 5.97. The molecule has 0 radical (unpaired) electrons. The third-order valence-corrected chi connectivity index (χ3v) is 7.61. The monoisotopic (exact) mass is 471 g/mol. The topological polar surface area (TPSA) is 94.9 Å². The van der Waals surface area contributed by atoms with Crippen LogP contribution >= 0.6 is 0 Å². The Kier molecular flexibility index (Phi) is 6.83. The van der Waals surface area contributed by atoms with Gasteiger partial charge >= 0.3 is 0 Å². The molecule has 5 rings (SSSR count). The van der Waals surface area contributed by atoms with E-state index in [4.69, 9.17) is 10.00 Å². The number of rotatable bonds is 7. The Balaban J connectivity index is 1.33. The molecule has 1 aromatic heterocycles. The van der Waals surface area contributed by atoms with Gasteiger partial charge in [0.1, 0.15) is 5.82 Å². The van der Waals surface area contributed by atoms with Gasteiger partial charge in [-0.3, -0.25) is 4.79 Å². The van der Waals surface area contributed by atoms with Gasteiger partial charge in [-0.2, -0.15) is 5.26 Å². The van der Waals surface area contributed by atoms with Crippen molar-refractivity contribution in [3.05, 3.63) is 57.9 Å². The number of nitriles is 1. The first kappa shape index (κ1) is 23.5. The molecule has 0 atom stereocenters. The van der Waals surface area contributed by atoms with Crippen LogP contribution in [0.3, 0.4) is 0 Å². The summed E-state index contributed by atoms with van der Waals surface area (Å²) in [6.45, 7) is 4.16. The van der Waals surface area contributed by atoms with Crippen LogP contribution in [0.5, 0.6) is 0 Å². The van der Waals surface area contributed by atoms with Gasteiger partial charge in [-0.05, 0) is 80.6 Å². The van der Waals surface area contributed by atoms with Crippen LogP contribution in [0.25, 0.3) is 11.4 Å². The van der Waals surface area contributed by atoms with E-state index in [2.05, 4.69) is 33.4 Å². The van der Waals surface area contributed by atoms with Crippen molar-refractivity contribution < 1.29 is 9.53 Å². The number of ether oxygens (including phenoxy) is 1. The average Bonchev–Trinajstić information content (AvgIpc) is 3.64. The maximum absolute atomic E-state index is 13.6. The second-order valence-corrected chi connectivity index (χ2v) is 10.0. The van der Waals surface area contributed by atoms with Crippen LogP contribution in [0, 0.1) is 24.2 Å². The SMILES string of the molecule is COCCc1nnc(-c2cc(C(=O)N3CCC(C4=CC=C(C#N)CC4)CC3)c(C)cc2C2CC2)[nH]1. The molecule has 1 amide bonds. The van der Waals surface area contributed by atoms with Crippen LogP contribution in [0.2, 0.25) is 0 Å². The number of carbonyl (C=O) groups is 1. The number of likely N-dealkylation sites (tertiary alicyclic amines) is 1. The maximum atomic E-state index is 13.6. The van der Waals surface area contributed by atoms with Gasteiger partial charge < -0.3 is 14.6 Å². The van der Waals surface area contributed by atoms with E-state index in [0.29, 0.717) is 24.9 Å². The fourth-order valence-corrected chi connectivity index (χ4v) is 5.34. The Bertz CT molecular complexity index is 1210. The number of H-pyrrole nitrogens is 1. The average molecular weight is 472 g/mol. The summed E-state index contributed by atoms with van der Waals surface area (Å²) in [6.07, 6.45) is 10.9. The Morgan fingerprint density at radius 1 is 1.14 bits per heavy atom. The summed E-state index contributed by atoms with van der Waals surface area (Å²) in [6, 6.07) is 6.49. The second-order valence-electron chi connectivity index (χ2n) is 10.0. The third kappa shape index (κ3) is 5.08. The number of benzene rings is 1. The zero-order chi connectivity index (χ0) is 24.4. The van der Waals surface area contributed by atoms with Gasteiger partial charge in [0.15, 0.2) is 5.82 Å². The first-order valence-electron chi connectivity index (χ1n) is 12.7. The molecule has 2 aromatic rings. The summed E-state index contributed by atoms with van der Waals surface area (Å²) < 4.78 is 5.17. The summed E-state index contributed by atoms with van der Waals surface area (Å²) in [5.74, 6) is 2.68. The van der Waals surface area contributed by atoms with Gasteiger partial charge in [-0.15, -0.1) is 10.2 Å². The standard InChI is InChI=1S/C28H33N5O2/c1-18-15-24(22-7-8-22)25(27-30-26(31-32-27)11-14-35-2)16-23(18)28(34)33-12-9-21(10-13-33)20-5-3-19(17-29)4-6-20/h3,5,15-16,21-22H,4,6-14H2,1-2H3,(H,30,31,32). The Hall–Kier alpha value is -3.24. The van der Waals surface area contributed by atoms with Gasteiger partial charge in [0.05, 0.1) is 12.7 Å². The smallest absolute Gasteiger partial charge is 0.254 e. The van der Waals surface area contributed by atoms with Gasteiger partial charge in [-0.25, -0.2) is 0 Å². The zero-order valence-corrected chi connectivity index (χ0v) is 20.6. The highest BCUT2D eigenvalue weighted by atomic mass is 16.5. The van der Waals surface area contributed by atoms with Crippen LogP contribution in [0.15, 0.2) is 35.4 Å². The van der Waals surface area contributed by atoms with Gasteiger partial charge in [0, 0.05) is 43.3 Å². The highest BCUT2D eigenvalue weighted by Crippen LogP contribution is 2.45. The van der Waals surface area contributed by atoms with Crippen molar-refractivity contribution in [3.8, 4) is 17.5 Å². The van der Waals surface area contributed by atoms with E-state index in [1.165, 1.54) is 24.0 Å². The number of hydrogen-bond donors (Lipinski definition) is 1. The quantitative estimate of drug-likeness (QED) is 0.622. The van der Waals surface area contributed by atoms with E-state index >= 15 is 0 Å². The maximum Gasteiger partial charge on any atom is 0.254 e. The number of piperidine rings is 1. The predicted octanol–water partition coefficient (Wildman–Crippen LogP) is 4.87. The van der Waals surface area contributed by atoms with Crippen molar-refractivity contribution in [1.29, 1.82) is 5.26 Å². The molecular weight excluding hydrogens is 438 g/mol. The van der Waals surface area contributed by atoms with E-state index in [0.717, 1.165) is 72.7 Å². The summed E-state index contributed by atoms with van der Waals surface area (Å²) in [4.78, 5) is 19.0. The number of aromatic nitrogens is 3. The van der Waals surface area contributed by atoms with Crippen molar-refractivity contribution in [2.24, 2.45) is 5.92 Å². The Labute approximate surface area is 206 Å². The van der Waals surface area contributed by atoms with E-state index in [1.807, 2.05) is 24.0 Å². The van der Waals surface area contributed by atoms with E-state index in [1.54, 1.807) is 7.11 Å². The largest absolute Gasteiger partial charge is 0.384 e. The van der Waals surface area contributed by atoms with Crippen molar-refractivity contribution in [2.45, 2.75) is 57.8 Å². The number of carbonyl (C=O) groups excluding carboxylic acids is 1. The number of aromatic amines is 1. The lowest BCUT2D eigenvalue weighted by Crippen LogP contribution is -2.39. The number of aryl methyl sites for hydroxylation is 1. The fourth-order valence-electron chi connectivity index (χ4n) is 5.34. The van der Waals surface area contributed by atoms with Crippen molar-refractivity contribution >= 4 is 5.91 Å². The molecule has 0 unspecified atom stereocenters. The molecule has 7 nitrogen and oxygen atoms in total. The molecule has 2 aliphatic carbocycles. The van der Waals surface area contributed by atoms with Crippen molar-refractivity contribution in [3.63, 3.8) is 0 Å². The van der Waals surface area contributed by atoms with E-state index < -0.39 is 0 Å². The van der Waals surface area contributed by atoms with Crippen molar-refractivity contribution in [2.75, 3.05) is 26.8 Å². The molecule has 1 saturated carbocycles. The lowest BCUT2D eigenvalue weighted by atomic mass is 9.83. The number of methoxy groups -OCH3 is 1. The minimum Gasteiger partial charge on any atom is -0.384 e. The molecule has 2 heterocycles. The van der Waals surface area contributed by atoms with Crippen LogP contribution in [0.4, 0.5) is 0 Å². The molecule has 7 heteroatoms.